The van der Waals surface area contributed by atoms with E-state index in [9.17, 15) is 24.1 Å². The molecule has 0 aliphatic carbocycles. The number of nitrogens with one attached hydrogen (secondary N) is 2. The predicted molar refractivity (Wildman–Crippen MR) is 110 cm³/mol. The molecule has 9 nitrogen and oxygen atoms in total. The van der Waals surface area contributed by atoms with Gasteiger partial charge in [0.2, 0.25) is 5.91 Å². The van der Waals surface area contributed by atoms with Crippen LogP contribution in [0.15, 0.2) is 60.3 Å². The molecule has 0 atom stereocenters. The Bertz CT molecular complexity index is 1130. The topological polar surface area (TPSA) is 119 Å². The van der Waals surface area contributed by atoms with E-state index in [4.69, 9.17) is 0 Å². The molecule has 1 heterocycles. The van der Waals surface area contributed by atoms with Crippen LogP contribution in [-0.4, -0.2) is 38.7 Å². The van der Waals surface area contributed by atoms with Crippen molar-refractivity contribution < 1.29 is 18.9 Å². The molecule has 0 radical (unpaired) electrons. The Kier molecular flexibility index (Phi) is 6.42. The lowest BCUT2D eigenvalue weighted by atomic mass is 10.2. The lowest BCUT2D eigenvalue weighted by Crippen LogP contribution is -2.40. The van der Waals surface area contributed by atoms with E-state index >= 15 is 0 Å². The highest BCUT2D eigenvalue weighted by Crippen LogP contribution is 2.30. The number of benzene rings is 2. The molecular formula is C19H16FN5O4S. The van der Waals surface area contributed by atoms with Gasteiger partial charge in [0.05, 0.1) is 21.7 Å². The second kappa shape index (κ2) is 9.18. The van der Waals surface area contributed by atoms with Crippen LogP contribution in [0.5, 0.6) is 0 Å². The molecular weight excluding hydrogens is 413 g/mol. The largest absolute Gasteiger partial charge is 0.334 e. The average molecular weight is 429 g/mol. The van der Waals surface area contributed by atoms with Crippen molar-refractivity contribution in [2.45, 2.75) is 5.16 Å². The molecule has 0 aliphatic rings. The first-order valence-electron chi connectivity index (χ1n) is 8.63. The standard InChI is InChI=1S/C19H16FN5O4S/c1-2-9-21-18(27)23-17(26)11-30-19-22-15-10-14(25(28)29)7-8-16(15)24(19)13-5-3-12(20)4-6-13/h2-8,10H,1,9,11H2,(H2,21,23,26,27). The number of rotatable bonds is 7. The van der Waals surface area contributed by atoms with Gasteiger partial charge in [-0.15, -0.1) is 6.58 Å². The highest BCUT2D eigenvalue weighted by atomic mass is 32.2. The second-order valence-electron chi connectivity index (χ2n) is 5.97. The van der Waals surface area contributed by atoms with E-state index < -0.39 is 22.7 Å². The number of imidazole rings is 1. The van der Waals surface area contributed by atoms with Gasteiger partial charge < -0.3 is 5.32 Å². The number of amides is 3. The zero-order chi connectivity index (χ0) is 21.7. The smallest absolute Gasteiger partial charge is 0.321 e. The van der Waals surface area contributed by atoms with Crippen LogP contribution < -0.4 is 10.6 Å². The minimum atomic E-state index is -0.650. The van der Waals surface area contributed by atoms with Gasteiger partial charge in [-0.05, 0) is 30.3 Å². The molecule has 0 unspecified atom stereocenters. The monoisotopic (exact) mass is 429 g/mol. The number of nitro benzene ring substituents is 1. The number of halogens is 1. The minimum Gasteiger partial charge on any atom is -0.334 e. The molecule has 0 saturated carbocycles. The first-order chi connectivity index (χ1) is 14.4. The number of fused-ring (bicyclic) bond motifs is 1. The Hall–Kier alpha value is -3.73. The maximum atomic E-state index is 13.3. The van der Waals surface area contributed by atoms with Crippen molar-refractivity contribution >= 4 is 40.4 Å². The van der Waals surface area contributed by atoms with Gasteiger partial charge in [0.25, 0.3) is 5.69 Å². The summed E-state index contributed by atoms with van der Waals surface area (Å²) >= 11 is 1.04. The van der Waals surface area contributed by atoms with Crippen LogP contribution in [-0.2, 0) is 4.79 Å². The number of aromatic nitrogens is 2. The summed E-state index contributed by atoms with van der Waals surface area (Å²) in [6.07, 6.45) is 1.48. The van der Waals surface area contributed by atoms with Crippen LogP contribution in [0.2, 0.25) is 0 Å². The van der Waals surface area contributed by atoms with Crippen molar-refractivity contribution in [2.24, 2.45) is 0 Å². The normalized spacial score (nSPS) is 10.6. The van der Waals surface area contributed by atoms with E-state index in [1.165, 1.54) is 48.5 Å². The van der Waals surface area contributed by atoms with E-state index in [1.807, 2.05) is 0 Å². The fraction of sp³-hybridized carbons (Fsp3) is 0.105. The molecule has 11 heteroatoms. The Morgan fingerprint density at radius 2 is 2.00 bits per heavy atom. The SMILES string of the molecule is C=CCNC(=O)NC(=O)CSc1nc2cc([N+](=O)[O-])ccc2n1-c1ccc(F)cc1. The van der Waals surface area contributed by atoms with Gasteiger partial charge in [-0.2, -0.15) is 0 Å². The third-order valence-corrected chi connectivity index (χ3v) is 4.83. The lowest BCUT2D eigenvalue weighted by molar-refractivity contribution is -0.384. The molecule has 2 aromatic carbocycles. The number of non-ortho nitro benzene ring substituents is 1. The first kappa shape index (κ1) is 21.0. The molecule has 2 N–H and O–H groups in total. The maximum absolute atomic E-state index is 13.3. The van der Waals surface area contributed by atoms with Crippen molar-refractivity contribution in [3.8, 4) is 5.69 Å². The van der Waals surface area contributed by atoms with Crippen LogP contribution in [0.3, 0.4) is 0 Å². The van der Waals surface area contributed by atoms with E-state index in [0.29, 0.717) is 21.9 Å². The van der Waals surface area contributed by atoms with Crippen LogP contribution in [0.4, 0.5) is 14.9 Å². The van der Waals surface area contributed by atoms with Crippen molar-refractivity contribution in [3.05, 3.63) is 71.1 Å². The number of imide groups is 1. The van der Waals surface area contributed by atoms with Gasteiger partial charge in [0.1, 0.15) is 5.82 Å². The maximum Gasteiger partial charge on any atom is 0.321 e. The van der Waals surface area contributed by atoms with E-state index in [-0.39, 0.29) is 18.0 Å². The van der Waals surface area contributed by atoms with Gasteiger partial charge in [-0.25, -0.2) is 14.2 Å². The van der Waals surface area contributed by atoms with E-state index in [2.05, 4.69) is 22.2 Å². The first-order valence-corrected chi connectivity index (χ1v) is 9.62. The van der Waals surface area contributed by atoms with E-state index in [0.717, 1.165) is 11.8 Å². The third kappa shape index (κ3) is 4.81. The van der Waals surface area contributed by atoms with Crippen molar-refractivity contribution in [1.82, 2.24) is 20.2 Å². The summed E-state index contributed by atoms with van der Waals surface area (Å²) in [5, 5.41) is 16.0. The number of hydrogen-bond donors (Lipinski definition) is 2. The molecule has 30 heavy (non-hydrogen) atoms. The summed E-state index contributed by atoms with van der Waals surface area (Å²) in [7, 11) is 0. The molecule has 3 amide bonds. The molecule has 0 aliphatic heterocycles. The van der Waals surface area contributed by atoms with Crippen molar-refractivity contribution in [2.75, 3.05) is 12.3 Å². The van der Waals surface area contributed by atoms with Crippen LogP contribution in [0, 0.1) is 15.9 Å². The Balaban J connectivity index is 1.90. The van der Waals surface area contributed by atoms with Gasteiger partial charge in [0.15, 0.2) is 5.16 Å². The van der Waals surface area contributed by atoms with Crippen LogP contribution in [0.25, 0.3) is 16.7 Å². The fourth-order valence-corrected chi connectivity index (χ4v) is 3.43. The quantitative estimate of drug-likeness (QED) is 0.258. The molecule has 0 bridgehead atoms. The summed E-state index contributed by atoms with van der Waals surface area (Å²) < 4.78 is 15.0. The number of nitro groups is 1. The molecule has 0 spiro atoms. The van der Waals surface area contributed by atoms with Gasteiger partial charge in [-0.1, -0.05) is 17.8 Å². The van der Waals surface area contributed by atoms with E-state index in [1.54, 1.807) is 4.57 Å². The minimum absolute atomic E-state index is 0.126. The van der Waals surface area contributed by atoms with Crippen molar-refractivity contribution in [3.63, 3.8) is 0 Å². The van der Waals surface area contributed by atoms with Gasteiger partial charge in [-0.3, -0.25) is 24.8 Å². The molecule has 0 saturated heterocycles. The third-order valence-electron chi connectivity index (χ3n) is 3.90. The predicted octanol–water partition coefficient (Wildman–Crippen LogP) is 3.18. The highest BCUT2D eigenvalue weighted by molar-refractivity contribution is 7.99. The zero-order valence-electron chi connectivity index (χ0n) is 15.5. The summed E-state index contributed by atoms with van der Waals surface area (Å²) in [5.41, 5.74) is 1.35. The summed E-state index contributed by atoms with van der Waals surface area (Å²) in [6.45, 7) is 3.68. The van der Waals surface area contributed by atoms with Crippen LogP contribution >= 0.6 is 11.8 Å². The summed E-state index contributed by atoms with van der Waals surface area (Å²) in [6, 6.07) is 9.17. The molecule has 3 rings (SSSR count). The fourth-order valence-electron chi connectivity index (χ4n) is 2.60. The Labute approximate surface area is 174 Å². The zero-order valence-corrected chi connectivity index (χ0v) is 16.3. The number of thioether (sulfide) groups is 1. The molecule has 3 aromatic rings. The number of hydrogen-bond acceptors (Lipinski definition) is 6. The number of carbonyl (C=O) groups excluding carboxylic acids is 2. The summed E-state index contributed by atoms with van der Waals surface area (Å²) in [5.74, 6) is -1.10. The van der Waals surface area contributed by atoms with Gasteiger partial charge in [0, 0.05) is 24.4 Å². The number of nitrogens with zero attached hydrogens (tertiary/aromatic N) is 3. The molecule has 154 valence electrons. The Morgan fingerprint density at radius 1 is 1.27 bits per heavy atom. The van der Waals surface area contributed by atoms with Crippen LogP contribution in [0.1, 0.15) is 0 Å². The lowest BCUT2D eigenvalue weighted by Gasteiger charge is -2.09. The molecule has 0 fully saturated rings. The number of urea groups is 1. The Morgan fingerprint density at radius 3 is 2.67 bits per heavy atom. The summed E-state index contributed by atoms with van der Waals surface area (Å²) in [4.78, 5) is 38.5. The highest BCUT2D eigenvalue weighted by Gasteiger charge is 2.18. The van der Waals surface area contributed by atoms with Crippen molar-refractivity contribution in [1.29, 1.82) is 0 Å². The van der Waals surface area contributed by atoms with Gasteiger partial charge >= 0.3 is 6.03 Å². The second-order valence-corrected chi connectivity index (χ2v) is 6.91. The molecule has 1 aromatic heterocycles. The number of carbonyl (C=O) groups is 2. The average Bonchev–Trinajstić information content (AvgIpc) is 3.09.